The fourth-order valence-electron chi connectivity index (χ4n) is 10.7. The van der Waals surface area contributed by atoms with Crippen LogP contribution in [0, 0.1) is 0 Å². The Kier molecular flexibility index (Phi) is 35.3. The van der Waals surface area contributed by atoms with Crippen molar-refractivity contribution in [3.05, 3.63) is 293 Å². The molecule has 0 bridgehead atoms. The van der Waals surface area contributed by atoms with E-state index in [-0.39, 0.29) is 31.5 Å². The zero-order valence-electron chi connectivity index (χ0n) is 57.0. The average Bonchev–Trinajstić information content (AvgIpc) is 1.69. The molecule has 13 nitrogen and oxygen atoms in total. The first-order chi connectivity index (χ1) is 50.5. The van der Waals surface area contributed by atoms with Gasteiger partial charge < -0.3 is 40.0 Å². The van der Waals surface area contributed by atoms with Crippen molar-refractivity contribution >= 4 is 125 Å². The summed E-state index contributed by atoms with van der Waals surface area (Å²) >= 11 is 4.11. The van der Waals surface area contributed by atoms with Gasteiger partial charge in [0, 0.05) is 63.8 Å². The number of nitrogens with two attached hydrogens (primary N) is 1. The average molecular weight is 1680 g/mol. The van der Waals surface area contributed by atoms with Crippen molar-refractivity contribution in [1.82, 2.24) is 0 Å². The Bertz CT molecular complexity index is 4060. The van der Waals surface area contributed by atoms with Crippen LogP contribution in [0.2, 0.25) is 0 Å². The van der Waals surface area contributed by atoms with Gasteiger partial charge in [0.25, 0.3) is 0 Å². The molecule has 0 fully saturated rings. The molecule has 548 valence electrons. The van der Waals surface area contributed by atoms with E-state index in [2.05, 4.69) is 32.1 Å². The number of ether oxygens (including phenoxy) is 4. The molecule has 0 aromatic heterocycles. The predicted molar refractivity (Wildman–Crippen MR) is 422 cm³/mol. The second kappa shape index (κ2) is 44.1. The van der Waals surface area contributed by atoms with Crippen molar-refractivity contribution in [3.8, 4) is 0 Å². The van der Waals surface area contributed by atoms with Crippen LogP contribution in [-0.2, 0) is 29.7 Å². The van der Waals surface area contributed by atoms with Gasteiger partial charge in [-0.3, -0.25) is 4.21 Å². The molecule has 4 aliphatic rings. The number of nitrogens with zero attached hydrogens (tertiary/aromatic N) is 4. The van der Waals surface area contributed by atoms with E-state index >= 15 is 0 Å². The summed E-state index contributed by atoms with van der Waals surface area (Å²) < 4.78 is 87.2. The SMILES string of the molecule is CS(=O)c1ccc([C@H]2OC(c3ccccc3)=N[C@@H]2CF)cc1.CSc1ccc([C@@H](O)[C@H](N)CO)cc1.CSc1ccc([C@H]2OC(c3ccccc3)=N[C@@H]2CF)cc1.CSc1ccc([C@H]2OC(c3ccccc3)=N[C@@H]2CO)cc1.FCSc1ccc([C@H]2OC(c3ccccc3)=N[C@@H]2CF)cc1.[Cl][Sb]([Cl])[Cl]. The van der Waals surface area contributed by atoms with E-state index in [4.69, 9.17) is 56.3 Å². The van der Waals surface area contributed by atoms with Crippen LogP contribution in [0.1, 0.15) is 80.6 Å². The number of rotatable bonds is 21. The van der Waals surface area contributed by atoms with Gasteiger partial charge in [-0.25, -0.2) is 37.5 Å². The Morgan fingerprint density at radius 2 is 0.712 bits per heavy atom. The van der Waals surface area contributed by atoms with Crippen molar-refractivity contribution in [1.29, 1.82) is 0 Å². The molecule has 1 unspecified atom stereocenters. The number of aliphatic imine (C=N–C) groups is 4. The van der Waals surface area contributed by atoms with E-state index in [0.717, 1.165) is 76.5 Å². The number of aliphatic hydroxyl groups excluding tert-OH is 3. The van der Waals surface area contributed by atoms with Gasteiger partial charge in [0.1, 0.15) is 50.2 Å². The second-order valence-electron chi connectivity index (χ2n) is 22.9. The molecule has 4 aliphatic heterocycles. The third-order valence-corrected chi connectivity index (χ3v) is 20.0. The minimum atomic E-state index is -2.03. The third kappa shape index (κ3) is 24.6. The molecular weight excluding hydrogens is 1600 g/mol. The molecule has 104 heavy (non-hydrogen) atoms. The van der Waals surface area contributed by atoms with Gasteiger partial charge in [0.2, 0.25) is 23.6 Å². The van der Waals surface area contributed by atoms with Crippen molar-refractivity contribution in [2.75, 3.05) is 64.3 Å². The fourth-order valence-corrected chi connectivity index (χ4v) is 12.9. The Morgan fingerprint density at radius 3 is 0.971 bits per heavy atom. The molecule has 0 radical (unpaired) electrons. The predicted octanol–water partition coefficient (Wildman–Crippen LogP) is 17.8. The summed E-state index contributed by atoms with van der Waals surface area (Å²) in [6.07, 6.45) is 5.45. The summed E-state index contributed by atoms with van der Waals surface area (Å²) in [6.45, 7) is -1.92. The van der Waals surface area contributed by atoms with Gasteiger partial charge in [-0.1, -0.05) is 145 Å². The fraction of sp³-hybridized carbons (Fsp3) is 0.256. The Balaban J connectivity index is 0.000000163. The number of hydrogen-bond acceptors (Lipinski definition) is 17. The van der Waals surface area contributed by atoms with Crippen LogP contribution in [0.5, 0.6) is 0 Å². The van der Waals surface area contributed by atoms with Gasteiger partial charge in [0.05, 0.1) is 25.4 Å². The maximum absolute atomic E-state index is 13.3. The monoisotopic (exact) mass is 1680 g/mol. The number of hydrogen-bond donors (Lipinski definition) is 4. The Morgan fingerprint density at radius 1 is 0.442 bits per heavy atom. The Hall–Kier alpha value is -6.34. The van der Waals surface area contributed by atoms with Gasteiger partial charge >= 0.3 is 43.3 Å². The first-order valence-electron chi connectivity index (χ1n) is 32.5. The van der Waals surface area contributed by atoms with Crippen LogP contribution in [0.4, 0.5) is 17.6 Å². The molecule has 5 N–H and O–H groups in total. The minimum absolute atomic E-state index is 0.0225. The summed E-state index contributed by atoms with van der Waals surface area (Å²) in [4.78, 5) is 22.7. The maximum atomic E-state index is 13.3. The first kappa shape index (κ1) is 83.3. The molecule has 0 spiro atoms. The normalized spacial score (nSPS) is 19.8. The summed E-state index contributed by atoms with van der Waals surface area (Å²) in [6, 6.07) is 73.8. The van der Waals surface area contributed by atoms with Crippen molar-refractivity contribution in [3.63, 3.8) is 0 Å². The molecule has 9 aromatic rings. The number of benzene rings is 9. The summed E-state index contributed by atoms with van der Waals surface area (Å²) in [7, 11) is 13.9. The van der Waals surface area contributed by atoms with E-state index in [1.807, 2.05) is 237 Å². The molecule has 0 aliphatic carbocycles. The second-order valence-corrected chi connectivity index (χ2v) is 39.3. The topological polar surface area (TPSA) is 190 Å². The summed E-state index contributed by atoms with van der Waals surface area (Å²) in [5.74, 6) is 2.07. The zero-order chi connectivity index (χ0) is 74.3. The zero-order valence-corrected chi connectivity index (χ0v) is 65.9. The van der Waals surface area contributed by atoms with Gasteiger partial charge in [-0.05, 0) is 156 Å². The molecule has 0 amide bonds. The van der Waals surface area contributed by atoms with Crippen molar-refractivity contribution in [2.45, 2.75) is 85.2 Å². The summed E-state index contributed by atoms with van der Waals surface area (Å²) in [5.41, 5.74) is 13.5. The molecule has 13 rings (SSSR count). The number of thioether (sulfide) groups is 4. The molecule has 11 atom stereocenters. The van der Waals surface area contributed by atoms with Crippen LogP contribution >= 0.6 is 73.5 Å². The van der Waals surface area contributed by atoms with E-state index in [1.54, 1.807) is 53.7 Å². The van der Waals surface area contributed by atoms with Crippen molar-refractivity contribution in [2.24, 2.45) is 25.7 Å². The van der Waals surface area contributed by atoms with Crippen LogP contribution in [0.25, 0.3) is 0 Å². The number of aliphatic hydroxyl groups is 3. The van der Waals surface area contributed by atoms with Gasteiger partial charge in [-0.15, -0.1) is 35.3 Å². The van der Waals surface area contributed by atoms with Crippen LogP contribution in [-0.4, -0.2) is 154 Å². The molecule has 9 aromatic carbocycles. The van der Waals surface area contributed by atoms with Crippen LogP contribution in [0.3, 0.4) is 0 Å². The van der Waals surface area contributed by atoms with E-state index < -0.39 is 96.1 Å². The van der Waals surface area contributed by atoms with E-state index in [0.29, 0.717) is 23.6 Å². The molecule has 0 saturated heterocycles. The molecule has 0 saturated carbocycles. The quantitative estimate of drug-likeness (QED) is 0.0302. The third-order valence-electron chi connectivity index (χ3n) is 16.2. The Labute approximate surface area is 643 Å². The van der Waals surface area contributed by atoms with E-state index in [9.17, 15) is 32.0 Å². The van der Waals surface area contributed by atoms with Gasteiger partial charge in [0.15, 0.2) is 24.4 Å². The first-order valence-corrected chi connectivity index (χ1v) is 48.4. The van der Waals surface area contributed by atoms with E-state index in [1.165, 1.54) is 9.79 Å². The van der Waals surface area contributed by atoms with Gasteiger partial charge in [-0.2, -0.15) is 0 Å². The molecule has 4 heterocycles. The summed E-state index contributed by atoms with van der Waals surface area (Å²) in [5, 5.41) is 28.0. The molecular formula is C78H79Cl3F4N5O8S5Sb. The molecule has 26 heteroatoms. The van der Waals surface area contributed by atoms with Crippen molar-refractivity contribution < 1.29 is 56.0 Å². The van der Waals surface area contributed by atoms with Crippen LogP contribution < -0.4 is 5.73 Å². The number of halogens is 7. The standard InChI is InChI=1S/C17H15F2NOS.C17H16FNO2S.C17H16FNOS.C17H17NO2S.C10H15NO2S.3ClH.Sb/c18-10-15-16(12-6-8-14(9-7-12)22-11-19)21-17(20-15)13-4-2-1-3-5-13;1-22(20)14-9-7-12(8-10-14)16-15(11-18)19-17(21-16)13-5-3-2-4-6-13;1-21-14-9-7-12(8-10-14)16-15(11-18)19-17(20-16)13-5-3-2-4-6-13;1-21-14-9-7-12(8-10-14)16-15(11-19)18-17(20-16)13-5-3-2-4-6-13;1-14-8-4-2-7(3-5-8)10(13)9(11)6-12;;;;/h1-9,15-16H,10-11H2;2-10,15-16H,11H2,1H3;2-10,15-16H,11H2,1H3;2-10,15-16,19H,11H2,1H3;2-5,9-10,12-13H,6,11H2,1H3;3*1H;/q;;;;;;;;+3/p-3/t15-,16-;15-,16-,22?;2*15-,16-;9-,10-;;;;/m11111..../s1. The van der Waals surface area contributed by atoms with Crippen LogP contribution in [0.15, 0.2) is 287 Å². The number of alkyl halides is 4.